The second-order valence-electron chi connectivity index (χ2n) is 5.04. The van der Waals surface area contributed by atoms with Gasteiger partial charge in [-0.3, -0.25) is 4.98 Å². The van der Waals surface area contributed by atoms with Crippen molar-refractivity contribution in [2.24, 2.45) is 0 Å². The molecule has 80 valence electrons. The van der Waals surface area contributed by atoms with E-state index in [9.17, 15) is 0 Å². The lowest BCUT2D eigenvalue weighted by atomic mass is 9.92. The molecule has 0 bridgehead atoms. The Hall–Kier alpha value is -0.890. The fraction of sp³-hybridized carbons (Fsp3) is 0.615. The zero-order chi connectivity index (χ0) is 10.1. The van der Waals surface area contributed by atoms with Crippen LogP contribution < -0.4 is 5.32 Å². The third-order valence-electron chi connectivity index (χ3n) is 4.10. The monoisotopic (exact) mass is 202 g/mol. The van der Waals surface area contributed by atoms with Gasteiger partial charge in [-0.05, 0) is 56.2 Å². The van der Waals surface area contributed by atoms with E-state index < -0.39 is 0 Å². The van der Waals surface area contributed by atoms with Crippen LogP contribution in [0.3, 0.4) is 0 Å². The molecule has 1 saturated heterocycles. The minimum absolute atomic E-state index is 0.487. The average molecular weight is 202 g/mol. The zero-order valence-electron chi connectivity index (χ0n) is 9.08. The molecule has 0 aromatic carbocycles. The van der Waals surface area contributed by atoms with E-state index in [-0.39, 0.29) is 0 Å². The van der Waals surface area contributed by atoms with E-state index in [4.69, 9.17) is 0 Å². The molecule has 2 unspecified atom stereocenters. The van der Waals surface area contributed by atoms with Crippen molar-refractivity contribution in [2.75, 3.05) is 6.54 Å². The van der Waals surface area contributed by atoms with E-state index in [1.54, 1.807) is 0 Å². The molecule has 0 radical (unpaired) electrons. The SMILES string of the molecule is c1cncc(C2CCC3(CCCN3)C2)c1. The Morgan fingerprint density at radius 3 is 3.13 bits per heavy atom. The topological polar surface area (TPSA) is 24.9 Å². The molecule has 1 N–H and O–H groups in total. The molecule has 2 aliphatic rings. The van der Waals surface area contributed by atoms with Gasteiger partial charge in [-0.2, -0.15) is 0 Å². The Balaban J connectivity index is 1.76. The summed E-state index contributed by atoms with van der Waals surface area (Å²) in [7, 11) is 0. The zero-order valence-corrected chi connectivity index (χ0v) is 9.08. The smallest absolute Gasteiger partial charge is 0.0302 e. The third-order valence-corrected chi connectivity index (χ3v) is 4.10. The minimum Gasteiger partial charge on any atom is -0.311 e. The van der Waals surface area contributed by atoms with Crippen LogP contribution in [0.1, 0.15) is 43.6 Å². The maximum atomic E-state index is 4.22. The van der Waals surface area contributed by atoms with E-state index in [0.717, 1.165) is 5.92 Å². The number of hydrogen-bond acceptors (Lipinski definition) is 2. The number of hydrogen-bond donors (Lipinski definition) is 1. The van der Waals surface area contributed by atoms with Crippen LogP contribution >= 0.6 is 0 Å². The summed E-state index contributed by atoms with van der Waals surface area (Å²) in [5, 5.41) is 3.71. The Bertz CT molecular complexity index is 328. The van der Waals surface area contributed by atoms with Gasteiger partial charge in [0.15, 0.2) is 0 Å². The highest BCUT2D eigenvalue weighted by atomic mass is 15.0. The first-order valence-corrected chi connectivity index (χ1v) is 6.03. The Labute approximate surface area is 91.1 Å². The van der Waals surface area contributed by atoms with E-state index in [2.05, 4.69) is 22.4 Å². The van der Waals surface area contributed by atoms with Crippen LogP contribution in [0.2, 0.25) is 0 Å². The molecule has 2 atom stereocenters. The van der Waals surface area contributed by atoms with Gasteiger partial charge < -0.3 is 5.32 Å². The highest BCUT2D eigenvalue weighted by Gasteiger charge is 2.41. The van der Waals surface area contributed by atoms with Gasteiger partial charge in [0.2, 0.25) is 0 Å². The number of pyridine rings is 1. The van der Waals surface area contributed by atoms with Gasteiger partial charge in [-0.1, -0.05) is 6.07 Å². The summed E-state index contributed by atoms with van der Waals surface area (Å²) in [5.74, 6) is 0.740. The van der Waals surface area contributed by atoms with Gasteiger partial charge in [-0.15, -0.1) is 0 Å². The molecule has 1 aromatic heterocycles. The van der Waals surface area contributed by atoms with Gasteiger partial charge in [0, 0.05) is 17.9 Å². The highest BCUT2D eigenvalue weighted by Crippen LogP contribution is 2.44. The quantitative estimate of drug-likeness (QED) is 0.756. The van der Waals surface area contributed by atoms with Crippen molar-refractivity contribution in [1.29, 1.82) is 0 Å². The van der Waals surface area contributed by atoms with Gasteiger partial charge in [-0.25, -0.2) is 0 Å². The Morgan fingerprint density at radius 2 is 2.40 bits per heavy atom. The summed E-state index contributed by atoms with van der Waals surface area (Å²) < 4.78 is 0. The summed E-state index contributed by atoms with van der Waals surface area (Å²) in [4.78, 5) is 4.22. The van der Waals surface area contributed by atoms with Crippen LogP contribution in [0.5, 0.6) is 0 Å². The number of nitrogens with zero attached hydrogens (tertiary/aromatic N) is 1. The molecule has 1 aliphatic heterocycles. The first-order chi connectivity index (χ1) is 7.38. The summed E-state index contributed by atoms with van der Waals surface area (Å²) in [6.45, 7) is 1.22. The normalized spacial score (nSPS) is 35.1. The number of aromatic nitrogens is 1. The van der Waals surface area contributed by atoms with Crippen LogP contribution in [0.15, 0.2) is 24.5 Å². The molecule has 1 saturated carbocycles. The Kier molecular flexibility index (Phi) is 2.24. The van der Waals surface area contributed by atoms with E-state index in [1.807, 2.05) is 12.4 Å². The van der Waals surface area contributed by atoms with Crippen LogP contribution in [-0.2, 0) is 0 Å². The van der Waals surface area contributed by atoms with Crippen LogP contribution in [0, 0.1) is 0 Å². The summed E-state index contributed by atoms with van der Waals surface area (Å²) in [6, 6.07) is 4.29. The molecule has 2 heteroatoms. The number of rotatable bonds is 1. The van der Waals surface area contributed by atoms with Crippen molar-refractivity contribution in [3.8, 4) is 0 Å². The van der Waals surface area contributed by atoms with Crippen molar-refractivity contribution in [3.05, 3.63) is 30.1 Å². The van der Waals surface area contributed by atoms with E-state index >= 15 is 0 Å². The molecule has 15 heavy (non-hydrogen) atoms. The van der Waals surface area contributed by atoms with Crippen molar-refractivity contribution in [1.82, 2.24) is 10.3 Å². The largest absolute Gasteiger partial charge is 0.311 e. The van der Waals surface area contributed by atoms with Gasteiger partial charge >= 0.3 is 0 Å². The standard InChI is InChI=1S/C13H18N2/c1-3-12(10-14-7-1)11-4-6-13(9-11)5-2-8-15-13/h1,3,7,10-11,15H,2,4-6,8-9H2. The van der Waals surface area contributed by atoms with Gasteiger partial charge in [0.05, 0.1) is 0 Å². The molecule has 1 aliphatic carbocycles. The Morgan fingerprint density at radius 1 is 1.40 bits per heavy atom. The first kappa shape index (κ1) is 9.34. The van der Waals surface area contributed by atoms with E-state index in [0.29, 0.717) is 5.54 Å². The molecule has 0 amide bonds. The lowest BCUT2D eigenvalue weighted by Gasteiger charge is -2.23. The lowest BCUT2D eigenvalue weighted by molar-refractivity contribution is 0.383. The molecular formula is C13H18N2. The van der Waals surface area contributed by atoms with E-state index in [1.165, 1.54) is 44.2 Å². The minimum atomic E-state index is 0.487. The second-order valence-corrected chi connectivity index (χ2v) is 5.04. The molecule has 1 aromatic rings. The lowest BCUT2D eigenvalue weighted by Crippen LogP contribution is -2.36. The van der Waals surface area contributed by atoms with Crippen LogP contribution in [0.4, 0.5) is 0 Å². The molecule has 3 rings (SSSR count). The average Bonchev–Trinajstić information content (AvgIpc) is 2.91. The van der Waals surface area contributed by atoms with Crippen LogP contribution in [0.25, 0.3) is 0 Å². The molecule has 2 fully saturated rings. The fourth-order valence-electron chi connectivity index (χ4n) is 3.28. The predicted octanol–water partition coefficient (Wildman–Crippen LogP) is 2.47. The van der Waals surface area contributed by atoms with Gasteiger partial charge in [0.25, 0.3) is 0 Å². The van der Waals surface area contributed by atoms with Gasteiger partial charge in [0.1, 0.15) is 0 Å². The highest BCUT2D eigenvalue weighted by molar-refractivity contribution is 5.19. The maximum absolute atomic E-state index is 4.22. The van der Waals surface area contributed by atoms with Crippen molar-refractivity contribution < 1.29 is 0 Å². The number of nitrogens with one attached hydrogen (secondary N) is 1. The summed E-state index contributed by atoms with van der Waals surface area (Å²) in [5.41, 5.74) is 1.92. The molecule has 2 heterocycles. The third kappa shape index (κ3) is 1.67. The second kappa shape index (κ2) is 3.60. The maximum Gasteiger partial charge on any atom is 0.0302 e. The molecular weight excluding hydrogens is 184 g/mol. The van der Waals surface area contributed by atoms with Crippen LogP contribution in [-0.4, -0.2) is 17.1 Å². The first-order valence-electron chi connectivity index (χ1n) is 6.03. The van der Waals surface area contributed by atoms with Crippen molar-refractivity contribution in [3.63, 3.8) is 0 Å². The van der Waals surface area contributed by atoms with Crippen molar-refractivity contribution >= 4 is 0 Å². The summed E-state index contributed by atoms with van der Waals surface area (Å²) >= 11 is 0. The summed E-state index contributed by atoms with van der Waals surface area (Å²) in [6.07, 6.45) is 10.6. The predicted molar refractivity (Wildman–Crippen MR) is 60.8 cm³/mol. The fourth-order valence-corrected chi connectivity index (χ4v) is 3.28. The molecule has 1 spiro atoms. The van der Waals surface area contributed by atoms with Crippen molar-refractivity contribution in [2.45, 2.75) is 43.6 Å². The molecule has 2 nitrogen and oxygen atoms in total.